The molecule has 5 heteroatoms. The number of nitrogens with one attached hydrogen (secondary N) is 1. The Morgan fingerprint density at radius 2 is 1.89 bits per heavy atom. The molecule has 1 aromatic carbocycles. The summed E-state index contributed by atoms with van der Waals surface area (Å²) < 4.78 is 0. The molecule has 0 atom stereocenters. The maximum atomic E-state index is 11.3. The first-order valence-corrected chi connectivity index (χ1v) is 5.97. The molecule has 1 heterocycles. The molecule has 0 radical (unpaired) electrons. The van der Waals surface area contributed by atoms with Gasteiger partial charge in [0.15, 0.2) is 0 Å². The van der Waals surface area contributed by atoms with Crippen LogP contribution in [0.25, 0.3) is 10.9 Å². The van der Waals surface area contributed by atoms with Gasteiger partial charge in [-0.1, -0.05) is 6.07 Å². The molecule has 2 aromatic rings. The second kappa shape index (κ2) is 4.76. The van der Waals surface area contributed by atoms with Crippen molar-refractivity contribution in [2.45, 2.75) is 26.7 Å². The highest BCUT2D eigenvalue weighted by Gasteiger charge is 2.19. The number of aromatic amines is 1. The van der Waals surface area contributed by atoms with E-state index in [4.69, 9.17) is 5.11 Å². The number of aryl methyl sites for hydroxylation is 3. The molecule has 0 aliphatic rings. The number of carboxylic acids is 2. The third-order valence-electron chi connectivity index (χ3n) is 3.15. The average molecular weight is 261 g/mol. The van der Waals surface area contributed by atoms with Gasteiger partial charge < -0.3 is 15.2 Å². The fourth-order valence-electron chi connectivity index (χ4n) is 2.47. The number of carbonyl (C=O) groups is 2. The van der Waals surface area contributed by atoms with Crippen molar-refractivity contribution < 1.29 is 19.8 Å². The van der Waals surface area contributed by atoms with Gasteiger partial charge in [0.05, 0.1) is 0 Å². The highest BCUT2D eigenvalue weighted by atomic mass is 16.4. The van der Waals surface area contributed by atoms with E-state index in [9.17, 15) is 14.7 Å². The third-order valence-corrected chi connectivity index (χ3v) is 3.15. The zero-order chi connectivity index (χ0) is 14.2. The standard InChI is InChI=1S/C14H15NO4/c1-7-5-8(2)12-9(3-4-11(16)17)13(14(18)19)15-10(12)6-7/h5-6,15H,3-4H2,1-2H3,(H,16,17)(H,18,19). The first-order valence-electron chi connectivity index (χ1n) is 5.97. The van der Waals surface area contributed by atoms with E-state index in [1.807, 2.05) is 26.0 Å². The lowest BCUT2D eigenvalue weighted by molar-refractivity contribution is -0.136. The van der Waals surface area contributed by atoms with Gasteiger partial charge in [-0.2, -0.15) is 0 Å². The summed E-state index contributed by atoms with van der Waals surface area (Å²) in [7, 11) is 0. The van der Waals surface area contributed by atoms with Gasteiger partial charge in [0.25, 0.3) is 0 Å². The van der Waals surface area contributed by atoms with Gasteiger partial charge in [0, 0.05) is 17.3 Å². The summed E-state index contributed by atoms with van der Waals surface area (Å²) in [4.78, 5) is 24.8. The van der Waals surface area contributed by atoms with Crippen LogP contribution in [0.3, 0.4) is 0 Å². The maximum Gasteiger partial charge on any atom is 0.352 e. The Morgan fingerprint density at radius 1 is 1.21 bits per heavy atom. The van der Waals surface area contributed by atoms with E-state index in [1.54, 1.807) is 0 Å². The quantitative estimate of drug-likeness (QED) is 0.788. The first kappa shape index (κ1) is 13.1. The summed E-state index contributed by atoms with van der Waals surface area (Å²) in [6.45, 7) is 3.84. The summed E-state index contributed by atoms with van der Waals surface area (Å²) in [5.41, 5.74) is 3.40. The van der Waals surface area contributed by atoms with Crippen molar-refractivity contribution in [3.05, 3.63) is 34.5 Å². The van der Waals surface area contributed by atoms with Gasteiger partial charge in [-0.05, 0) is 43.0 Å². The van der Waals surface area contributed by atoms with E-state index < -0.39 is 11.9 Å². The van der Waals surface area contributed by atoms with Crippen LogP contribution in [0.2, 0.25) is 0 Å². The smallest absolute Gasteiger partial charge is 0.352 e. The number of hydrogen-bond acceptors (Lipinski definition) is 2. The van der Waals surface area contributed by atoms with Crippen LogP contribution in [-0.4, -0.2) is 27.1 Å². The van der Waals surface area contributed by atoms with Crippen molar-refractivity contribution in [2.75, 3.05) is 0 Å². The first-order chi connectivity index (χ1) is 8.90. The number of benzene rings is 1. The Labute approximate surface area is 109 Å². The SMILES string of the molecule is Cc1cc(C)c2c(CCC(=O)O)c(C(=O)O)[nH]c2c1. The van der Waals surface area contributed by atoms with E-state index >= 15 is 0 Å². The molecule has 0 fully saturated rings. The Kier molecular flexibility index (Phi) is 3.29. The molecule has 0 saturated carbocycles. The largest absolute Gasteiger partial charge is 0.481 e. The summed E-state index contributed by atoms with van der Waals surface area (Å²) in [5, 5.41) is 18.8. The molecular weight excluding hydrogens is 246 g/mol. The number of hydrogen-bond donors (Lipinski definition) is 3. The van der Waals surface area contributed by atoms with Crippen LogP contribution in [0.15, 0.2) is 12.1 Å². The predicted molar refractivity (Wildman–Crippen MR) is 70.7 cm³/mol. The van der Waals surface area contributed by atoms with Gasteiger partial charge >= 0.3 is 11.9 Å². The number of aromatic nitrogens is 1. The molecule has 0 spiro atoms. The van der Waals surface area contributed by atoms with Crippen LogP contribution in [-0.2, 0) is 11.2 Å². The van der Waals surface area contributed by atoms with Crippen LogP contribution in [0, 0.1) is 13.8 Å². The minimum absolute atomic E-state index is 0.0828. The molecule has 1 aromatic heterocycles. The average Bonchev–Trinajstić information content (AvgIpc) is 2.64. The molecule has 0 bridgehead atoms. The number of aromatic carboxylic acids is 1. The second-order valence-electron chi connectivity index (χ2n) is 4.68. The van der Waals surface area contributed by atoms with Crippen molar-refractivity contribution in [3.8, 4) is 0 Å². The van der Waals surface area contributed by atoms with Crippen molar-refractivity contribution in [3.63, 3.8) is 0 Å². The molecular formula is C14H15NO4. The number of H-pyrrole nitrogens is 1. The number of fused-ring (bicyclic) bond motifs is 1. The highest BCUT2D eigenvalue weighted by Crippen LogP contribution is 2.28. The van der Waals surface area contributed by atoms with E-state index in [0.717, 1.165) is 22.0 Å². The lowest BCUT2D eigenvalue weighted by Crippen LogP contribution is -2.04. The minimum atomic E-state index is -1.06. The van der Waals surface area contributed by atoms with Crippen LogP contribution in [0.4, 0.5) is 0 Å². The van der Waals surface area contributed by atoms with E-state index in [-0.39, 0.29) is 18.5 Å². The summed E-state index contributed by atoms with van der Waals surface area (Å²) in [6, 6.07) is 3.84. The molecule has 0 saturated heterocycles. The summed E-state index contributed by atoms with van der Waals surface area (Å²) in [5.74, 6) is -2.00. The Balaban J connectivity index is 2.65. The summed E-state index contributed by atoms with van der Waals surface area (Å²) >= 11 is 0. The Hall–Kier alpha value is -2.30. The van der Waals surface area contributed by atoms with Gasteiger partial charge in [-0.3, -0.25) is 4.79 Å². The fraction of sp³-hybridized carbons (Fsp3) is 0.286. The molecule has 3 N–H and O–H groups in total. The van der Waals surface area contributed by atoms with E-state index in [0.29, 0.717) is 5.56 Å². The summed E-state index contributed by atoms with van der Waals surface area (Å²) in [6.07, 6.45) is 0.126. The zero-order valence-corrected chi connectivity index (χ0v) is 10.8. The number of carboxylic acid groups (broad SMARTS) is 2. The topological polar surface area (TPSA) is 90.4 Å². The molecule has 0 amide bonds. The van der Waals surface area contributed by atoms with Crippen LogP contribution >= 0.6 is 0 Å². The van der Waals surface area contributed by atoms with Crippen LogP contribution in [0.5, 0.6) is 0 Å². The normalized spacial score (nSPS) is 10.8. The second-order valence-corrected chi connectivity index (χ2v) is 4.68. The third kappa shape index (κ3) is 2.45. The minimum Gasteiger partial charge on any atom is -0.481 e. The van der Waals surface area contributed by atoms with Gasteiger partial charge in [-0.25, -0.2) is 4.79 Å². The molecule has 0 aliphatic heterocycles. The lowest BCUT2D eigenvalue weighted by atomic mass is 10.00. The molecule has 0 unspecified atom stereocenters. The molecule has 19 heavy (non-hydrogen) atoms. The maximum absolute atomic E-state index is 11.3. The van der Waals surface area contributed by atoms with E-state index in [2.05, 4.69) is 4.98 Å². The molecule has 0 aliphatic carbocycles. The van der Waals surface area contributed by atoms with Crippen molar-refractivity contribution >= 4 is 22.8 Å². The van der Waals surface area contributed by atoms with Crippen molar-refractivity contribution in [1.82, 2.24) is 4.98 Å². The molecule has 100 valence electrons. The highest BCUT2D eigenvalue weighted by molar-refractivity contribution is 5.99. The predicted octanol–water partition coefficient (Wildman–Crippen LogP) is 2.50. The number of aliphatic carboxylic acids is 1. The molecule has 5 nitrogen and oxygen atoms in total. The lowest BCUT2D eigenvalue weighted by Gasteiger charge is -2.03. The Morgan fingerprint density at radius 3 is 2.47 bits per heavy atom. The van der Waals surface area contributed by atoms with Gasteiger partial charge in [0.1, 0.15) is 5.69 Å². The van der Waals surface area contributed by atoms with Gasteiger partial charge in [0.2, 0.25) is 0 Å². The monoisotopic (exact) mass is 261 g/mol. The van der Waals surface area contributed by atoms with Gasteiger partial charge in [-0.15, -0.1) is 0 Å². The van der Waals surface area contributed by atoms with Crippen LogP contribution in [0.1, 0.15) is 33.6 Å². The van der Waals surface area contributed by atoms with E-state index in [1.165, 1.54) is 0 Å². The Bertz CT molecular complexity index is 670. The fourth-order valence-corrected chi connectivity index (χ4v) is 2.47. The van der Waals surface area contributed by atoms with Crippen molar-refractivity contribution in [2.24, 2.45) is 0 Å². The number of rotatable bonds is 4. The molecule has 2 rings (SSSR count). The van der Waals surface area contributed by atoms with Crippen LogP contribution < -0.4 is 0 Å². The van der Waals surface area contributed by atoms with Crippen molar-refractivity contribution in [1.29, 1.82) is 0 Å². The zero-order valence-electron chi connectivity index (χ0n) is 10.8.